The van der Waals surface area contributed by atoms with E-state index in [2.05, 4.69) is 6.92 Å². The molecule has 8 heteroatoms. The second kappa shape index (κ2) is 9.92. The summed E-state index contributed by atoms with van der Waals surface area (Å²) < 4.78 is 5.45. The van der Waals surface area contributed by atoms with Crippen LogP contribution in [-0.4, -0.2) is 45.2 Å². The van der Waals surface area contributed by atoms with Gasteiger partial charge < -0.3 is 20.1 Å². The highest BCUT2D eigenvalue weighted by atomic mass is 35.5. The van der Waals surface area contributed by atoms with Gasteiger partial charge in [0, 0.05) is 5.39 Å². The fourth-order valence-corrected chi connectivity index (χ4v) is 8.10. The van der Waals surface area contributed by atoms with Crippen molar-refractivity contribution in [3.8, 4) is 5.75 Å². The molecule has 0 saturated heterocycles. The first kappa shape index (κ1) is 26.3. The molecule has 2 aromatic rings. The van der Waals surface area contributed by atoms with Crippen LogP contribution in [0, 0.1) is 22.2 Å². The van der Waals surface area contributed by atoms with Crippen molar-refractivity contribution < 1.29 is 34.4 Å². The highest BCUT2D eigenvalue weighted by Gasteiger charge is 2.64. The first-order valence-corrected chi connectivity index (χ1v) is 12.8. The van der Waals surface area contributed by atoms with Crippen LogP contribution in [0.3, 0.4) is 0 Å². The third-order valence-corrected chi connectivity index (χ3v) is 8.76. The van der Waals surface area contributed by atoms with Crippen molar-refractivity contribution >= 4 is 40.3 Å². The van der Waals surface area contributed by atoms with Crippen molar-refractivity contribution in [2.24, 2.45) is 22.2 Å². The monoisotopic (exact) mass is 516 g/mol. The Morgan fingerprint density at radius 1 is 0.972 bits per heavy atom. The third kappa shape index (κ3) is 5.46. The maximum Gasteiger partial charge on any atom is 0.322 e. The Hall–Kier alpha value is -2.80. The quantitative estimate of drug-likeness (QED) is 0.378. The van der Waals surface area contributed by atoms with Gasteiger partial charge in [0.1, 0.15) is 11.1 Å². The molecule has 36 heavy (non-hydrogen) atoms. The molecule has 3 N–H and O–H groups in total. The van der Waals surface area contributed by atoms with Gasteiger partial charge in [0.2, 0.25) is 0 Å². The summed E-state index contributed by atoms with van der Waals surface area (Å²) >= 11 is 6.25. The summed E-state index contributed by atoms with van der Waals surface area (Å²) in [6.45, 7) is 2.39. The fraction of sp³-hybridized carbons (Fsp3) is 0.536. The van der Waals surface area contributed by atoms with Crippen molar-refractivity contribution in [3.63, 3.8) is 0 Å². The van der Waals surface area contributed by atoms with Crippen LogP contribution in [0.25, 0.3) is 10.8 Å². The van der Waals surface area contributed by atoms with Crippen molar-refractivity contribution in [2.75, 3.05) is 6.61 Å². The van der Waals surface area contributed by atoms with Gasteiger partial charge in [-0.1, -0.05) is 43.3 Å². The molecule has 0 radical (unpaired) electrons. The molecule has 194 valence electrons. The predicted octanol–water partition coefficient (Wildman–Crippen LogP) is 5.82. The van der Waals surface area contributed by atoms with Crippen LogP contribution >= 0.6 is 11.6 Å². The van der Waals surface area contributed by atoms with Crippen molar-refractivity contribution in [3.05, 3.63) is 42.5 Å². The first-order chi connectivity index (χ1) is 16.9. The summed E-state index contributed by atoms with van der Waals surface area (Å²) in [5.41, 5.74) is -0.572. The van der Waals surface area contributed by atoms with Gasteiger partial charge in [-0.2, -0.15) is 0 Å². The molecule has 7 nitrogen and oxygen atoms in total. The van der Waals surface area contributed by atoms with E-state index in [9.17, 15) is 24.6 Å². The molecule has 2 aromatic carbocycles. The minimum atomic E-state index is -0.956. The highest BCUT2D eigenvalue weighted by Crippen LogP contribution is 2.72. The van der Waals surface area contributed by atoms with E-state index in [1.54, 1.807) is 0 Å². The van der Waals surface area contributed by atoms with Crippen LogP contribution < -0.4 is 4.74 Å². The second-order valence-corrected chi connectivity index (χ2v) is 11.9. The number of rotatable bonds is 8. The van der Waals surface area contributed by atoms with E-state index in [0.29, 0.717) is 12.3 Å². The van der Waals surface area contributed by atoms with E-state index in [4.69, 9.17) is 21.4 Å². The van der Waals surface area contributed by atoms with E-state index in [1.807, 2.05) is 42.5 Å². The molecule has 4 saturated carbocycles. The fourth-order valence-electron chi connectivity index (χ4n) is 7.86. The zero-order valence-corrected chi connectivity index (χ0v) is 21.2. The molecule has 6 rings (SSSR count). The number of aliphatic carboxylic acids is 3. The lowest BCUT2D eigenvalue weighted by Gasteiger charge is -2.66. The first-order valence-electron chi connectivity index (χ1n) is 12.4. The predicted molar refractivity (Wildman–Crippen MR) is 135 cm³/mol. The number of hydrogen-bond donors (Lipinski definition) is 3. The Bertz CT molecular complexity index is 1160. The molecule has 0 aliphatic heterocycles. The number of carboxylic acid groups (broad SMARTS) is 3. The molecule has 5 unspecified atom stereocenters. The van der Waals surface area contributed by atoms with Crippen LogP contribution in [0.5, 0.6) is 5.75 Å². The number of fused-ring (bicyclic) bond motifs is 1. The molecule has 4 aliphatic carbocycles. The lowest BCUT2D eigenvalue weighted by atomic mass is 9.39. The number of alkyl halides is 1. The maximum atomic E-state index is 11.4. The number of ether oxygens (including phenoxy) is 1. The summed E-state index contributed by atoms with van der Waals surface area (Å²) in [4.78, 5) is 33.0. The van der Waals surface area contributed by atoms with Crippen LogP contribution in [0.1, 0.15) is 58.3 Å². The summed E-state index contributed by atoms with van der Waals surface area (Å²) in [5.74, 6) is -1.40. The summed E-state index contributed by atoms with van der Waals surface area (Å²) in [5, 5.41) is 28.3. The van der Waals surface area contributed by atoms with E-state index in [0.717, 1.165) is 48.6 Å². The molecule has 0 amide bonds. The average molecular weight is 517 g/mol. The van der Waals surface area contributed by atoms with Gasteiger partial charge in [0.05, 0.1) is 19.4 Å². The lowest BCUT2D eigenvalue weighted by Crippen LogP contribution is -2.60. The Kier molecular flexibility index (Phi) is 7.24. The number of halogens is 1. The summed E-state index contributed by atoms with van der Waals surface area (Å²) in [6, 6.07) is 13.6. The van der Waals surface area contributed by atoms with Crippen LogP contribution in [0.15, 0.2) is 42.5 Å². The standard InChI is InChI=1S/C15H21ClO4.C13H12O3/c1-13-2-9-3-14(6-13,5-10(17)18)8-15(4-9,7-13)11(16)12(19)20;14-13(15)8-9-16-12-7-3-5-10-4-1-2-6-11(10)12/h9,11H,2-8H2,1H3,(H,17,18)(H,19,20);1-7H,8-9H2,(H,14,15). The zero-order valence-electron chi connectivity index (χ0n) is 20.4. The molecular formula is C28H33ClO7. The zero-order chi connectivity index (χ0) is 26.1. The molecule has 0 heterocycles. The smallest absolute Gasteiger partial charge is 0.322 e. The molecular weight excluding hydrogens is 484 g/mol. The topological polar surface area (TPSA) is 121 Å². The average Bonchev–Trinajstić information content (AvgIpc) is 2.76. The van der Waals surface area contributed by atoms with Crippen LogP contribution in [0.4, 0.5) is 0 Å². The van der Waals surface area contributed by atoms with E-state index < -0.39 is 28.7 Å². The Labute approximate surface area is 215 Å². The Morgan fingerprint density at radius 2 is 1.69 bits per heavy atom. The van der Waals surface area contributed by atoms with Gasteiger partial charge in [-0.25, -0.2) is 0 Å². The van der Waals surface area contributed by atoms with E-state index >= 15 is 0 Å². The van der Waals surface area contributed by atoms with E-state index in [1.165, 1.54) is 0 Å². The molecule has 4 bridgehead atoms. The number of hydrogen-bond acceptors (Lipinski definition) is 4. The van der Waals surface area contributed by atoms with Crippen LogP contribution in [-0.2, 0) is 14.4 Å². The van der Waals surface area contributed by atoms with Gasteiger partial charge >= 0.3 is 17.9 Å². The van der Waals surface area contributed by atoms with E-state index in [-0.39, 0.29) is 30.3 Å². The molecule has 5 atom stereocenters. The summed E-state index contributed by atoms with van der Waals surface area (Å²) in [6.07, 6.45) is 5.46. The summed E-state index contributed by atoms with van der Waals surface area (Å²) in [7, 11) is 0. The number of carboxylic acids is 3. The number of benzene rings is 2. The third-order valence-electron chi connectivity index (χ3n) is 8.11. The van der Waals surface area contributed by atoms with Gasteiger partial charge in [-0.15, -0.1) is 11.6 Å². The Balaban J connectivity index is 0.000000174. The van der Waals surface area contributed by atoms with Gasteiger partial charge in [-0.05, 0) is 72.1 Å². The van der Waals surface area contributed by atoms with Gasteiger partial charge in [0.15, 0.2) is 0 Å². The minimum absolute atomic E-state index is 0.0171. The normalized spacial score (nSPS) is 30.8. The SMILES string of the molecule is CC12CC3CC(CC(=O)O)(C1)CC(C(Cl)C(=O)O)(C3)C2.O=C(O)CCOc1cccc2ccccc12. The molecule has 4 fully saturated rings. The van der Waals surface area contributed by atoms with Gasteiger partial charge in [-0.3, -0.25) is 14.4 Å². The maximum absolute atomic E-state index is 11.4. The van der Waals surface area contributed by atoms with Crippen LogP contribution in [0.2, 0.25) is 0 Å². The van der Waals surface area contributed by atoms with Crippen molar-refractivity contribution in [1.82, 2.24) is 0 Å². The Morgan fingerprint density at radius 3 is 2.36 bits per heavy atom. The molecule has 0 aromatic heterocycles. The molecule has 4 aliphatic rings. The second-order valence-electron chi connectivity index (χ2n) is 11.4. The van der Waals surface area contributed by atoms with Crippen molar-refractivity contribution in [2.45, 2.75) is 63.7 Å². The van der Waals surface area contributed by atoms with Crippen molar-refractivity contribution in [1.29, 1.82) is 0 Å². The number of carbonyl (C=O) groups is 3. The highest BCUT2D eigenvalue weighted by molar-refractivity contribution is 6.30. The minimum Gasteiger partial charge on any atom is -0.492 e. The lowest BCUT2D eigenvalue weighted by molar-refractivity contribution is -0.175. The largest absolute Gasteiger partial charge is 0.492 e. The van der Waals surface area contributed by atoms with Gasteiger partial charge in [0.25, 0.3) is 0 Å². The molecule has 0 spiro atoms.